The van der Waals surface area contributed by atoms with E-state index >= 15 is 0 Å². The molecule has 2 fully saturated rings. The maximum Gasteiger partial charge on any atom is 0.410 e. The van der Waals surface area contributed by atoms with Gasteiger partial charge in [0.25, 0.3) is 0 Å². The minimum Gasteiger partial charge on any atom is -0.444 e. The van der Waals surface area contributed by atoms with E-state index in [1.807, 2.05) is 25.7 Å². The molecule has 0 radical (unpaired) electrons. The first-order valence-corrected chi connectivity index (χ1v) is 9.39. The molecule has 1 heterocycles. The summed E-state index contributed by atoms with van der Waals surface area (Å²) in [5, 5.41) is 3.88. The zero-order valence-corrected chi connectivity index (χ0v) is 15.9. The molecule has 1 saturated heterocycles. The average molecular weight is 325 g/mol. The number of nitrogens with zero attached hydrogens (tertiary/aromatic N) is 1. The second-order valence-corrected chi connectivity index (χ2v) is 9.03. The van der Waals surface area contributed by atoms with E-state index in [0.717, 1.165) is 31.2 Å². The number of hydrogen-bond donors (Lipinski definition) is 1. The second kappa shape index (κ2) is 7.42. The Balaban J connectivity index is 1.83. The fourth-order valence-electron chi connectivity index (χ4n) is 4.33. The number of likely N-dealkylation sites (tertiary alicyclic amines) is 1. The monoisotopic (exact) mass is 324 g/mol. The Morgan fingerprint density at radius 3 is 2.13 bits per heavy atom. The van der Waals surface area contributed by atoms with E-state index in [9.17, 15) is 4.79 Å². The van der Waals surface area contributed by atoms with Gasteiger partial charge in [0.1, 0.15) is 5.60 Å². The second-order valence-electron chi connectivity index (χ2n) is 9.03. The smallest absolute Gasteiger partial charge is 0.410 e. The van der Waals surface area contributed by atoms with Crippen LogP contribution in [0.5, 0.6) is 0 Å². The van der Waals surface area contributed by atoms with Crippen LogP contribution in [0.4, 0.5) is 4.79 Å². The SMILES string of the molecule is CC1CC(C)CC(NC2CCN(C(=O)OC(C)(C)C)C(C)C2)C1. The fraction of sp³-hybridized carbons (Fsp3) is 0.947. The molecule has 1 N–H and O–H groups in total. The zero-order chi connectivity index (χ0) is 17.2. The molecule has 4 atom stereocenters. The lowest BCUT2D eigenvalue weighted by Crippen LogP contribution is -2.53. The summed E-state index contributed by atoms with van der Waals surface area (Å²) in [5.41, 5.74) is -0.416. The highest BCUT2D eigenvalue weighted by molar-refractivity contribution is 5.68. The molecule has 1 amide bonds. The largest absolute Gasteiger partial charge is 0.444 e. The first-order chi connectivity index (χ1) is 10.6. The number of hydrogen-bond acceptors (Lipinski definition) is 3. The average Bonchev–Trinajstić information content (AvgIpc) is 2.34. The molecular weight excluding hydrogens is 288 g/mol. The molecule has 23 heavy (non-hydrogen) atoms. The van der Waals surface area contributed by atoms with Crippen LogP contribution in [0.2, 0.25) is 0 Å². The fourth-order valence-corrected chi connectivity index (χ4v) is 4.33. The van der Waals surface area contributed by atoms with E-state index in [4.69, 9.17) is 4.74 Å². The van der Waals surface area contributed by atoms with E-state index in [1.165, 1.54) is 19.3 Å². The molecule has 2 rings (SSSR count). The van der Waals surface area contributed by atoms with Crippen molar-refractivity contribution in [2.45, 2.75) is 97.4 Å². The molecular formula is C19H36N2O2. The van der Waals surface area contributed by atoms with Crippen molar-refractivity contribution >= 4 is 6.09 Å². The van der Waals surface area contributed by atoms with Gasteiger partial charge in [-0.3, -0.25) is 0 Å². The minimum absolute atomic E-state index is 0.164. The van der Waals surface area contributed by atoms with Gasteiger partial charge in [-0.1, -0.05) is 13.8 Å². The Labute approximate surface area is 142 Å². The van der Waals surface area contributed by atoms with Gasteiger partial charge in [0.2, 0.25) is 0 Å². The number of carbonyl (C=O) groups is 1. The molecule has 1 aliphatic heterocycles. The van der Waals surface area contributed by atoms with E-state index < -0.39 is 5.60 Å². The van der Waals surface area contributed by atoms with Crippen LogP contribution < -0.4 is 5.32 Å². The van der Waals surface area contributed by atoms with Gasteiger partial charge in [-0.2, -0.15) is 0 Å². The van der Waals surface area contributed by atoms with Crippen LogP contribution in [-0.4, -0.2) is 41.3 Å². The molecule has 1 aliphatic carbocycles. The van der Waals surface area contributed by atoms with Gasteiger partial charge in [-0.25, -0.2) is 4.79 Å². The topological polar surface area (TPSA) is 41.6 Å². The van der Waals surface area contributed by atoms with Gasteiger partial charge >= 0.3 is 6.09 Å². The Kier molecular flexibility index (Phi) is 5.99. The van der Waals surface area contributed by atoms with Gasteiger partial charge in [-0.05, 0) is 71.6 Å². The van der Waals surface area contributed by atoms with Gasteiger partial charge < -0.3 is 15.0 Å². The lowest BCUT2D eigenvalue weighted by Gasteiger charge is -2.41. The lowest BCUT2D eigenvalue weighted by atomic mass is 9.80. The Hall–Kier alpha value is -0.770. The molecule has 1 saturated carbocycles. The van der Waals surface area contributed by atoms with Crippen molar-refractivity contribution in [1.29, 1.82) is 0 Å². The van der Waals surface area contributed by atoms with Crippen LogP contribution in [-0.2, 0) is 4.74 Å². The summed E-state index contributed by atoms with van der Waals surface area (Å²) < 4.78 is 5.53. The third-order valence-electron chi connectivity index (χ3n) is 5.15. The van der Waals surface area contributed by atoms with Crippen molar-refractivity contribution in [1.82, 2.24) is 10.2 Å². The van der Waals surface area contributed by atoms with E-state index in [2.05, 4.69) is 26.1 Å². The third kappa shape index (κ3) is 5.66. The van der Waals surface area contributed by atoms with E-state index in [1.54, 1.807) is 0 Å². The summed E-state index contributed by atoms with van der Waals surface area (Å²) in [4.78, 5) is 14.2. The number of carbonyl (C=O) groups excluding carboxylic acids is 1. The Morgan fingerprint density at radius 1 is 1.00 bits per heavy atom. The van der Waals surface area contributed by atoms with Crippen molar-refractivity contribution in [3.63, 3.8) is 0 Å². The number of piperidine rings is 1. The van der Waals surface area contributed by atoms with Crippen LogP contribution in [0.15, 0.2) is 0 Å². The van der Waals surface area contributed by atoms with Gasteiger partial charge in [0.05, 0.1) is 0 Å². The molecule has 0 bridgehead atoms. The standard InChI is InChI=1S/C19H36N2O2/c1-13-9-14(2)11-17(10-13)20-16-7-8-21(15(3)12-16)18(22)23-19(4,5)6/h13-17,20H,7-12H2,1-6H3. The summed E-state index contributed by atoms with van der Waals surface area (Å²) in [6.45, 7) is 13.5. The molecule has 0 aromatic heterocycles. The highest BCUT2D eigenvalue weighted by Crippen LogP contribution is 2.30. The van der Waals surface area contributed by atoms with Crippen LogP contribution in [0.25, 0.3) is 0 Å². The van der Waals surface area contributed by atoms with E-state index in [0.29, 0.717) is 12.1 Å². The highest BCUT2D eigenvalue weighted by atomic mass is 16.6. The highest BCUT2D eigenvalue weighted by Gasteiger charge is 2.33. The lowest BCUT2D eigenvalue weighted by molar-refractivity contribution is 0.00858. The number of nitrogens with one attached hydrogen (secondary N) is 1. The predicted molar refractivity (Wildman–Crippen MR) is 94.5 cm³/mol. The van der Waals surface area contributed by atoms with Crippen molar-refractivity contribution in [2.75, 3.05) is 6.54 Å². The quantitative estimate of drug-likeness (QED) is 0.828. The zero-order valence-electron chi connectivity index (χ0n) is 15.9. The van der Waals surface area contributed by atoms with Crippen LogP contribution in [0.1, 0.15) is 73.6 Å². The summed E-state index contributed by atoms with van der Waals surface area (Å²) in [5.74, 6) is 1.66. The van der Waals surface area contributed by atoms with Crippen LogP contribution >= 0.6 is 0 Å². The molecule has 4 unspecified atom stereocenters. The van der Waals surface area contributed by atoms with Crippen molar-refractivity contribution in [3.8, 4) is 0 Å². The summed E-state index contributed by atoms with van der Waals surface area (Å²) in [7, 11) is 0. The first-order valence-electron chi connectivity index (χ1n) is 9.39. The molecule has 0 spiro atoms. The number of rotatable bonds is 2. The molecule has 0 aromatic carbocycles. The van der Waals surface area contributed by atoms with Gasteiger partial charge in [0, 0.05) is 24.7 Å². The van der Waals surface area contributed by atoms with Crippen molar-refractivity contribution in [3.05, 3.63) is 0 Å². The van der Waals surface area contributed by atoms with Crippen molar-refractivity contribution in [2.24, 2.45) is 11.8 Å². The Morgan fingerprint density at radius 2 is 1.61 bits per heavy atom. The molecule has 134 valence electrons. The molecule has 0 aromatic rings. The van der Waals surface area contributed by atoms with E-state index in [-0.39, 0.29) is 12.1 Å². The maximum absolute atomic E-state index is 12.3. The summed E-state index contributed by atoms with van der Waals surface area (Å²) in [6.07, 6.45) is 5.85. The number of amides is 1. The Bertz CT molecular complexity index is 395. The normalized spacial score (nSPS) is 35.9. The first kappa shape index (κ1) is 18.6. The summed E-state index contributed by atoms with van der Waals surface area (Å²) >= 11 is 0. The predicted octanol–water partition coefficient (Wildman–Crippen LogP) is 4.19. The van der Waals surface area contributed by atoms with Gasteiger partial charge in [0.15, 0.2) is 0 Å². The third-order valence-corrected chi connectivity index (χ3v) is 5.15. The molecule has 4 heteroatoms. The van der Waals surface area contributed by atoms with Crippen LogP contribution in [0.3, 0.4) is 0 Å². The van der Waals surface area contributed by atoms with Crippen molar-refractivity contribution < 1.29 is 9.53 Å². The van der Waals surface area contributed by atoms with Gasteiger partial charge in [-0.15, -0.1) is 0 Å². The summed E-state index contributed by atoms with van der Waals surface area (Å²) in [6, 6.07) is 1.43. The minimum atomic E-state index is -0.416. The number of ether oxygens (including phenoxy) is 1. The molecule has 4 nitrogen and oxygen atoms in total. The molecule has 2 aliphatic rings. The van der Waals surface area contributed by atoms with Crippen LogP contribution in [0, 0.1) is 11.8 Å². The maximum atomic E-state index is 12.3.